The zero-order valence-electron chi connectivity index (χ0n) is 17.3. The predicted octanol–water partition coefficient (Wildman–Crippen LogP) is 2.89. The van der Waals surface area contributed by atoms with Crippen LogP contribution in [0.15, 0.2) is 54.6 Å². The van der Waals surface area contributed by atoms with Gasteiger partial charge in [-0.25, -0.2) is 0 Å². The number of nitrogen functional groups attached to an aromatic ring is 1. The molecule has 2 aliphatic carbocycles. The first-order valence-electron chi connectivity index (χ1n) is 11.2. The van der Waals surface area contributed by atoms with Gasteiger partial charge >= 0.3 is 0 Å². The summed E-state index contributed by atoms with van der Waals surface area (Å²) in [6.07, 6.45) is 3.98. The van der Waals surface area contributed by atoms with Crippen molar-refractivity contribution in [3.63, 3.8) is 0 Å². The van der Waals surface area contributed by atoms with Gasteiger partial charge in [-0.1, -0.05) is 61.4 Å². The van der Waals surface area contributed by atoms with Crippen molar-refractivity contribution in [3.8, 4) is 0 Å². The predicted molar refractivity (Wildman–Crippen MR) is 117 cm³/mol. The van der Waals surface area contributed by atoms with Crippen molar-refractivity contribution in [3.05, 3.63) is 65.7 Å². The number of carbonyl (C=O) groups is 1. The Morgan fingerprint density at radius 3 is 2.33 bits per heavy atom. The lowest BCUT2D eigenvalue weighted by Gasteiger charge is -2.33. The van der Waals surface area contributed by atoms with E-state index in [9.17, 15) is 9.90 Å². The standard InChI is InChI=1S/C25H31N3O2/c26-22-13-7-4-8-17(22)14-28-15-20-21(16-28)23(20)27-24(29)25(30,19-11-5-6-12-19)18-9-2-1-3-10-18/h1-4,7-10,13,19-21,23,30H,5-6,11-12,14-16,26H2,(H,27,29)/t20-,21+,23?,25?. The highest BCUT2D eigenvalue weighted by molar-refractivity contribution is 5.87. The minimum atomic E-state index is -1.42. The summed E-state index contributed by atoms with van der Waals surface area (Å²) in [6, 6.07) is 17.7. The van der Waals surface area contributed by atoms with E-state index in [0.717, 1.165) is 56.6 Å². The molecule has 0 spiro atoms. The molecule has 5 rings (SSSR count). The van der Waals surface area contributed by atoms with E-state index in [0.29, 0.717) is 11.8 Å². The Balaban J connectivity index is 1.24. The third-order valence-electron chi connectivity index (χ3n) is 7.52. The number of piperidine rings is 1. The van der Waals surface area contributed by atoms with Crippen LogP contribution in [0.3, 0.4) is 0 Å². The second-order valence-electron chi connectivity index (χ2n) is 9.33. The zero-order valence-corrected chi connectivity index (χ0v) is 17.3. The maximum Gasteiger partial charge on any atom is 0.257 e. The van der Waals surface area contributed by atoms with Gasteiger partial charge in [-0.3, -0.25) is 9.69 Å². The number of hydrogen-bond donors (Lipinski definition) is 3. The molecule has 158 valence electrons. The number of carbonyl (C=O) groups excluding carboxylic acids is 1. The van der Waals surface area contributed by atoms with Crippen molar-refractivity contribution in [1.29, 1.82) is 0 Å². The van der Waals surface area contributed by atoms with Gasteiger partial charge in [-0.15, -0.1) is 0 Å². The molecule has 0 radical (unpaired) electrons. The average Bonchev–Trinajstić information content (AvgIpc) is 3.18. The van der Waals surface area contributed by atoms with E-state index >= 15 is 0 Å². The third-order valence-corrected chi connectivity index (χ3v) is 7.52. The third kappa shape index (κ3) is 3.40. The van der Waals surface area contributed by atoms with Crippen LogP contribution in [0.4, 0.5) is 5.69 Å². The number of anilines is 1. The molecule has 4 atom stereocenters. The highest BCUT2D eigenvalue weighted by Crippen LogP contribution is 2.47. The van der Waals surface area contributed by atoms with Gasteiger partial charge in [0.2, 0.25) is 0 Å². The fourth-order valence-electron chi connectivity index (χ4n) is 5.73. The van der Waals surface area contributed by atoms with Gasteiger partial charge in [0.15, 0.2) is 5.60 Å². The molecule has 1 amide bonds. The summed E-state index contributed by atoms with van der Waals surface area (Å²) in [7, 11) is 0. The number of para-hydroxylation sites is 1. The molecule has 3 fully saturated rings. The molecule has 4 N–H and O–H groups in total. The Labute approximate surface area is 178 Å². The van der Waals surface area contributed by atoms with E-state index in [4.69, 9.17) is 5.73 Å². The van der Waals surface area contributed by atoms with Crippen LogP contribution in [0, 0.1) is 17.8 Å². The van der Waals surface area contributed by atoms with E-state index in [2.05, 4.69) is 16.3 Å². The molecule has 2 aromatic carbocycles. The van der Waals surface area contributed by atoms with Gasteiger partial charge in [0, 0.05) is 37.3 Å². The summed E-state index contributed by atoms with van der Waals surface area (Å²) in [5.41, 5.74) is 7.39. The molecule has 5 nitrogen and oxygen atoms in total. The minimum absolute atomic E-state index is 0.00366. The number of nitrogens with one attached hydrogen (secondary N) is 1. The number of aliphatic hydroxyl groups is 1. The number of hydrogen-bond acceptors (Lipinski definition) is 4. The molecular formula is C25H31N3O2. The molecule has 2 aromatic rings. The quantitative estimate of drug-likeness (QED) is 0.646. The van der Waals surface area contributed by atoms with Gasteiger partial charge in [0.05, 0.1) is 0 Å². The summed E-state index contributed by atoms with van der Waals surface area (Å²) in [4.78, 5) is 15.8. The molecule has 1 saturated heterocycles. The van der Waals surface area contributed by atoms with Crippen molar-refractivity contribution in [2.24, 2.45) is 17.8 Å². The molecule has 2 unspecified atom stereocenters. The normalized spacial score (nSPS) is 28.1. The monoisotopic (exact) mass is 405 g/mol. The van der Waals surface area contributed by atoms with E-state index in [1.165, 1.54) is 5.56 Å². The molecule has 1 heterocycles. The van der Waals surface area contributed by atoms with Crippen molar-refractivity contribution in [1.82, 2.24) is 10.2 Å². The summed E-state index contributed by atoms with van der Waals surface area (Å²) in [6.45, 7) is 2.80. The van der Waals surface area contributed by atoms with Gasteiger partial charge in [0.25, 0.3) is 5.91 Å². The highest BCUT2D eigenvalue weighted by atomic mass is 16.3. The Bertz CT molecular complexity index is 900. The van der Waals surface area contributed by atoms with Crippen molar-refractivity contribution >= 4 is 11.6 Å². The Morgan fingerprint density at radius 1 is 1.03 bits per heavy atom. The van der Waals surface area contributed by atoms with E-state index in [-0.39, 0.29) is 17.9 Å². The SMILES string of the molecule is Nc1ccccc1CN1C[C@@H]2C(NC(=O)C(O)(c3ccccc3)C3CCCC3)[C@@H]2C1. The molecule has 2 saturated carbocycles. The van der Waals surface area contributed by atoms with Crippen molar-refractivity contribution in [2.75, 3.05) is 18.8 Å². The van der Waals surface area contributed by atoms with Crippen LogP contribution in [0.1, 0.15) is 36.8 Å². The summed E-state index contributed by atoms with van der Waals surface area (Å²) in [5, 5.41) is 14.9. The van der Waals surface area contributed by atoms with Crippen LogP contribution >= 0.6 is 0 Å². The topological polar surface area (TPSA) is 78.6 Å². The van der Waals surface area contributed by atoms with Crippen LogP contribution in [-0.2, 0) is 16.9 Å². The van der Waals surface area contributed by atoms with Crippen LogP contribution < -0.4 is 11.1 Å². The fourth-order valence-corrected chi connectivity index (χ4v) is 5.73. The number of nitrogens with two attached hydrogens (primary N) is 1. The molecule has 1 aliphatic heterocycles. The van der Waals surface area contributed by atoms with Gasteiger partial charge in [0.1, 0.15) is 0 Å². The van der Waals surface area contributed by atoms with E-state index < -0.39 is 5.60 Å². The van der Waals surface area contributed by atoms with Gasteiger partial charge < -0.3 is 16.2 Å². The molecule has 0 bridgehead atoms. The molecule has 30 heavy (non-hydrogen) atoms. The lowest BCUT2D eigenvalue weighted by atomic mass is 9.79. The van der Waals surface area contributed by atoms with Crippen LogP contribution in [0.5, 0.6) is 0 Å². The maximum atomic E-state index is 13.4. The number of benzene rings is 2. The largest absolute Gasteiger partial charge is 0.398 e. The molecule has 0 aromatic heterocycles. The number of fused-ring (bicyclic) bond motifs is 1. The number of likely N-dealkylation sites (tertiary alicyclic amines) is 1. The molecule has 5 heteroatoms. The second kappa shape index (κ2) is 7.71. The fraction of sp³-hybridized carbons (Fsp3) is 0.480. The van der Waals surface area contributed by atoms with Crippen LogP contribution in [0.2, 0.25) is 0 Å². The first kappa shape index (κ1) is 19.6. The van der Waals surface area contributed by atoms with E-state index in [1.54, 1.807) is 0 Å². The lowest BCUT2D eigenvalue weighted by molar-refractivity contribution is -0.147. The summed E-state index contributed by atoms with van der Waals surface area (Å²) in [5.74, 6) is 0.736. The van der Waals surface area contributed by atoms with Crippen molar-refractivity contribution < 1.29 is 9.90 Å². The summed E-state index contributed by atoms with van der Waals surface area (Å²) >= 11 is 0. The number of amides is 1. The minimum Gasteiger partial charge on any atom is -0.398 e. The Hall–Kier alpha value is -2.37. The Morgan fingerprint density at radius 2 is 1.67 bits per heavy atom. The zero-order chi connectivity index (χ0) is 20.7. The summed E-state index contributed by atoms with van der Waals surface area (Å²) < 4.78 is 0. The van der Waals surface area contributed by atoms with Crippen molar-refractivity contribution in [2.45, 2.75) is 43.9 Å². The first-order valence-corrected chi connectivity index (χ1v) is 11.2. The molecular weight excluding hydrogens is 374 g/mol. The lowest BCUT2D eigenvalue weighted by Crippen LogP contribution is -2.50. The smallest absolute Gasteiger partial charge is 0.257 e. The first-order chi connectivity index (χ1) is 14.6. The van der Waals surface area contributed by atoms with Gasteiger partial charge in [-0.05, 0) is 41.9 Å². The van der Waals surface area contributed by atoms with Gasteiger partial charge in [-0.2, -0.15) is 0 Å². The molecule has 3 aliphatic rings. The van der Waals surface area contributed by atoms with Crippen LogP contribution in [0.25, 0.3) is 0 Å². The van der Waals surface area contributed by atoms with Crippen LogP contribution in [-0.4, -0.2) is 35.0 Å². The Kier molecular flexibility index (Phi) is 5.03. The number of nitrogens with zero attached hydrogens (tertiary/aromatic N) is 1. The highest BCUT2D eigenvalue weighted by Gasteiger charge is 2.58. The second-order valence-corrected chi connectivity index (χ2v) is 9.33. The average molecular weight is 406 g/mol. The van der Waals surface area contributed by atoms with E-state index in [1.807, 2.05) is 48.5 Å². The number of rotatable bonds is 6. The maximum absolute atomic E-state index is 13.4.